The third-order valence-corrected chi connectivity index (χ3v) is 7.02. The Morgan fingerprint density at radius 3 is 2.14 bits per heavy atom. The lowest BCUT2D eigenvalue weighted by Gasteiger charge is -2.57. The molecule has 3 fully saturated rings. The van der Waals surface area contributed by atoms with Gasteiger partial charge in [0, 0.05) is 38.3 Å². The van der Waals surface area contributed by atoms with Gasteiger partial charge in [0.2, 0.25) is 5.91 Å². The number of aliphatic carboxylic acids is 1. The first-order valence-electron chi connectivity index (χ1n) is 11.8. The second-order valence-electron chi connectivity index (χ2n) is 9.18. The topological polar surface area (TPSA) is 99.6 Å². The van der Waals surface area contributed by atoms with Crippen LogP contribution in [-0.4, -0.2) is 103 Å². The lowest BCUT2D eigenvalue weighted by molar-refractivity contribution is -0.192. The van der Waals surface area contributed by atoms with Gasteiger partial charge in [-0.1, -0.05) is 0 Å². The van der Waals surface area contributed by atoms with Gasteiger partial charge in [0.05, 0.1) is 26.3 Å². The minimum Gasteiger partial charge on any atom is -0.497 e. The molecule has 12 heteroatoms. The van der Waals surface area contributed by atoms with E-state index in [0.717, 1.165) is 58.3 Å². The van der Waals surface area contributed by atoms with Crippen LogP contribution in [0.4, 0.5) is 13.2 Å². The molecular weight excluding hydrogens is 483 g/mol. The average molecular weight is 516 g/mol. The first-order chi connectivity index (χ1) is 17.0. The van der Waals surface area contributed by atoms with Crippen LogP contribution in [0.25, 0.3) is 0 Å². The van der Waals surface area contributed by atoms with E-state index in [1.165, 1.54) is 0 Å². The van der Waals surface area contributed by atoms with Crippen LogP contribution in [0.5, 0.6) is 11.5 Å². The van der Waals surface area contributed by atoms with Gasteiger partial charge in [-0.2, -0.15) is 13.2 Å². The number of benzene rings is 1. The van der Waals surface area contributed by atoms with Crippen LogP contribution in [0.15, 0.2) is 18.2 Å². The molecule has 200 valence electrons. The van der Waals surface area contributed by atoms with E-state index in [2.05, 4.69) is 4.90 Å². The Bertz CT molecular complexity index is 967. The van der Waals surface area contributed by atoms with Crippen molar-refractivity contribution in [2.75, 3.05) is 53.5 Å². The number of ether oxygens (including phenoxy) is 2. The normalized spacial score (nSPS) is 21.9. The van der Waals surface area contributed by atoms with E-state index in [0.29, 0.717) is 30.2 Å². The van der Waals surface area contributed by atoms with E-state index in [1.807, 2.05) is 9.80 Å². The maximum Gasteiger partial charge on any atom is 0.490 e. The lowest BCUT2D eigenvalue weighted by Crippen LogP contribution is -2.68. The summed E-state index contributed by atoms with van der Waals surface area (Å²) in [5, 5.41) is 7.12. The summed E-state index contributed by atoms with van der Waals surface area (Å²) in [6, 6.07) is 5.32. The minimum absolute atomic E-state index is 0.0301. The molecule has 0 aliphatic carbocycles. The molecule has 0 radical (unpaired) electrons. The van der Waals surface area contributed by atoms with Gasteiger partial charge >= 0.3 is 12.1 Å². The summed E-state index contributed by atoms with van der Waals surface area (Å²) in [7, 11) is 3.17. The Balaban J connectivity index is 0.000000454. The van der Waals surface area contributed by atoms with E-state index >= 15 is 0 Å². The molecule has 3 saturated heterocycles. The van der Waals surface area contributed by atoms with Gasteiger partial charge in [0.1, 0.15) is 11.5 Å². The molecule has 2 amide bonds. The van der Waals surface area contributed by atoms with Crippen molar-refractivity contribution in [3.05, 3.63) is 23.8 Å². The number of piperidine rings is 1. The minimum atomic E-state index is -5.08. The summed E-state index contributed by atoms with van der Waals surface area (Å²) in [6.07, 6.45) is 0.175. The predicted octanol–water partition coefficient (Wildman–Crippen LogP) is 2.64. The maximum absolute atomic E-state index is 13.3. The number of hydrogen-bond acceptors (Lipinski definition) is 6. The number of likely N-dealkylation sites (tertiary alicyclic amines) is 3. The predicted molar refractivity (Wildman–Crippen MR) is 123 cm³/mol. The zero-order chi connectivity index (χ0) is 26.5. The Labute approximate surface area is 207 Å². The van der Waals surface area contributed by atoms with Crippen LogP contribution in [0.3, 0.4) is 0 Å². The fraction of sp³-hybridized carbons (Fsp3) is 0.625. The summed E-state index contributed by atoms with van der Waals surface area (Å²) in [6.45, 7) is 4.59. The number of carboxylic acid groups (broad SMARTS) is 1. The van der Waals surface area contributed by atoms with Gasteiger partial charge in [0.25, 0.3) is 5.91 Å². The van der Waals surface area contributed by atoms with E-state index in [-0.39, 0.29) is 17.4 Å². The smallest absolute Gasteiger partial charge is 0.490 e. The Morgan fingerprint density at radius 2 is 1.61 bits per heavy atom. The van der Waals surface area contributed by atoms with Crippen molar-refractivity contribution in [3.63, 3.8) is 0 Å². The summed E-state index contributed by atoms with van der Waals surface area (Å²) in [4.78, 5) is 41.1. The molecule has 3 aliphatic rings. The number of carbonyl (C=O) groups excluding carboxylic acids is 2. The number of alkyl halides is 3. The van der Waals surface area contributed by atoms with Crippen LogP contribution < -0.4 is 9.47 Å². The second kappa shape index (κ2) is 11.4. The van der Waals surface area contributed by atoms with Crippen molar-refractivity contribution in [1.82, 2.24) is 14.7 Å². The summed E-state index contributed by atoms with van der Waals surface area (Å²) in [5.74, 6) is -1.35. The lowest BCUT2D eigenvalue weighted by atomic mass is 9.77. The Kier molecular flexibility index (Phi) is 8.70. The van der Waals surface area contributed by atoms with Gasteiger partial charge in [-0.25, -0.2) is 4.79 Å². The standard InChI is InChI=1S/C22H31N3O4.C2HF3O2/c1-28-17-6-7-19(29-2)18(14-17)21(27)24-12-5-8-22(16-24)9-13-25(22)15-20(26)23-10-3-4-11-23;3-2(4,5)1(6)7/h6-7,14H,3-5,8-13,15-16H2,1-2H3;(H,6,7). The van der Waals surface area contributed by atoms with E-state index in [1.54, 1.807) is 32.4 Å². The molecule has 1 unspecified atom stereocenters. The van der Waals surface area contributed by atoms with Gasteiger partial charge in [-0.15, -0.1) is 0 Å². The molecule has 1 aromatic rings. The van der Waals surface area contributed by atoms with E-state index in [4.69, 9.17) is 19.4 Å². The molecule has 1 atom stereocenters. The fourth-order valence-corrected chi connectivity index (χ4v) is 4.96. The molecule has 0 aromatic heterocycles. The highest BCUT2D eigenvalue weighted by atomic mass is 19.4. The number of hydrogen-bond donors (Lipinski definition) is 1. The highest BCUT2D eigenvalue weighted by Crippen LogP contribution is 2.39. The average Bonchev–Trinajstić information content (AvgIpc) is 3.41. The van der Waals surface area contributed by atoms with Crippen molar-refractivity contribution in [1.29, 1.82) is 0 Å². The monoisotopic (exact) mass is 515 g/mol. The number of amides is 2. The molecule has 1 N–H and O–H groups in total. The van der Waals surface area contributed by atoms with Gasteiger partial charge in [0.15, 0.2) is 0 Å². The molecule has 4 rings (SSSR count). The number of methoxy groups -OCH3 is 2. The number of carbonyl (C=O) groups is 3. The second-order valence-corrected chi connectivity index (χ2v) is 9.18. The SMILES string of the molecule is COc1ccc(OC)c(C(=O)N2CCCC3(CCN3CC(=O)N3CCCC3)C2)c1.O=C(O)C(F)(F)F. The van der Waals surface area contributed by atoms with Crippen molar-refractivity contribution in [3.8, 4) is 11.5 Å². The van der Waals surface area contributed by atoms with E-state index in [9.17, 15) is 22.8 Å². The van der Waals surface area contributed by atoms with E-state index < -0.39 is 12.1 Å². The third-order valence-electron chi connectivity index (χ3n) is 7.02. The van der Waals surface area contributed by atoms with Crippen molar-refractivity contribution < 1.29 is 42.1 Å². The number of carboxylic acids is 1. The molecule has 0 bridgehead atoms. The molecule has 0 saturated carbocycles. The van der Waals surface area contributed by atoms with Crippen LogP contribution in [0, 0.1) is 0 Å². The van der Waals surface area contributed by atoms with Crippen molar-refractivity contribution in [2.45, 2.75) is 43.8 Å². The first-order valence-corrected chi connectivity index (χ1v) is 11.8. The highest BCUT2D eigenvalue weighted by Gasteiger charge is 2.49. The number of rotatable bonds is 5. The van der Waals surface area contributed by atoms with Gasteiger partial charge in [-0.3, -0.25) is 14.5 Å². The van der Waals surface area contributed by atoms with Crippen molar-refractivity contribution in [2.24, 2.45) is 0 Å². The molecule has 3 aliphatic heterocycles. The molecular formula is C24H32F3N3O6. The highest BCUT2D eigenvalue weighted by molar-refractivity contribution is 5.97. The molecule has 9 nitrogen and oxygen atoms in total. The largest absolute Gasteiger partial charge is 0.497 e. The number of halogens is 3. The molecule has 36 heavy (non-hydrogen) atoms. The summed E-state index contributed by atoms with van der Waals surface area (Å²) >= 11 is 0. The Hall–Kier alpha value is -3.02. The zero-order valence-electron chi connectivity index (χ0n) is 20.5. The molecule has 1 spiro atoms. The van der Waals surface area contributed by atoms with Gasteiger partial charge < -0.3 is 24.4 Å². The Morgan fingerprint density at radius 1 is 0.972 bits per heavy atom. The van der Waals surface area contributed by atoms with Gasteiger partial charge in [-0.05, 0) is 50.3 Å². The first kappa shape index (κ1) is 27.6. The quantitative estimate of drug-likeness (QED) is 0.644. The fourth-order valence-electron chi connectivity index (χ4n) is 4.96. The third kappa shape index (κ3) is 6.21. The summed E-state index contributed by atoms with van der Waals surface area (Å²) < 4.78 is 42.5. The van der Waals surface area contributed by atoms with Crippen LogP contribution in [0.2, 0.25) is 0 Å². The van der Waals surface area contributed by atoms with Crippen molar-refractivity contribution >= 4 is 17.8 Å². The number of nitrogens with zero attached hydrogens (tertiary/aromatic N) is 3. The molecule has 1 aromatic carbocycles. The maximum atomic E-state index is 13.3. The summed E-state index contributed by atoms with van der Waals surface area (Å²) in [5.41, 5.74) is 0.470. The zero-order valence-corrected chi connectivity index (χ0v) is 20.5. The van der Waals surface area contributed by atoms with Crippen LogP contribution in [-0.2, 0) is 9.59 Å². The van der Waals surface area contributed by atoms with Crippen LogP contribution >= 0.6 is 0 Å². The van der Waals surface area contributed by atoms with Crippen LogP contribution in [0.1, 0.15) is 42.5 Å². The molecule has 3 heterocycles.